The van der Waals surface area contributed by atoms with E-state index in [-0.39, 0.29) is 34.6 Å². The molecule has 5 nitrogen and oxygen atoms in total. The van der Waals surface area contributed by atoms with Gasteiger partial charge >= 0.3 is 0 Å². The molecule has 0 radical (unpaired) electrons. The van der Waals surface area contributed by atoms with E-state index < -0.39 is 0 Å². The Balaban J connectivity index is 1.42. The van der Waals surface area contributed by atoms with Gasteiger partial charge in [0.25, 0.3) is 0 Å². The maximum absolute atomic E-state index is 13.3. The molecule has 36 heavy (non-hydrogen) atoms. The van der Waals surface area contributed by atoms with Gasteiger partial charge in [-0.3, -0.25) is 4.79 Å². The van der Waals surface area contributed by atoms with Gasteiger partial charge in [-0.25, -0.2) is 0 Å². The van der Waals surface area contributed by atoms with Gasteiger partial charge in [-0.2, -0.15) is 5.26 Å². The van der Waals surface area contributed by atoms with Crippen molar-refractivity contribution in [3.63, 3.8) is 0 Å². The second-order valence-corrected chi connectivity index (χ2v) is 11.9. The first-order valence-corrected chi connectivity index (χ1v) is 13.0. The van der Waals surface area contributed by atoms with Gasteiger partial charge in [0.05, 0.1) is 11.6 Å². The number of anilines is 1. The fourth-order valence-corrected chi connectivity index (χ4v) is 6.78. The molecule has 5 heteroatoms. The molecule has 190 valence electrons. The molecule has 0 spiro atoms. The van der Waals surface area contributed by atoms with E-state index >= 15 is 0 Å². The minimum absolute atomic E-state index is 0.0359. The average Bonchev–Trinajstić information content (AvgIpc) is 2.85. The summed E-state index contributed by atoms with van der Waals surface area (Å²) in [4.78, 5) is 26.6. The third-order valence-electron chi connectivity index (χ3n) is 8.70. The lowest BCUT2D eigenvalue weighted by molar-refractivity contribution is -0.196. The van der Waals surface area contributed by atoms with Crippen molar-refractivity contribution in [2.75, 3.05) is 18.0 Å². The molecule has 4 rings (SSSR count). The van der Waals surface area contributed by atoms with Gasteiger partial charge in [-0.05, 0) is 80.1 Å². The number of Topliss-reactive ketones (excluding diaryl/α,β-unsaturated/α-hetero) is 1. The number of aldehydes is 1. The molecule has 0 atom stereocenters. The van der Waals surface area contributed by atoms with Gasteiger partial charge in [-0.15, -0.1) is 0 Å². The molecule has 0 unspecified atom stereocenters. The summed E-state index contributed by atoms with van der Waals surface area (Å²) in [5.74, 6) is 1.31. The third-order valence-corrected chi connectivity index (χ3v) is 8.70. The van der Waals surface area contributed by atoms with Crippen LogP contribution in [-0.4, -0.2) is 31.3 Å². The minimum Gasteiger partial charge on any atom is -0.489 e. The number of rotatable bonds is 7. The van der Waals surface area contributed by atoms with E-state index in [0.717, 1.165) is 60.3 Å². The Labute approximate surface area is 215 Å². The number of hydrogen-bond donors (Lipinski definition) is 0. The molecule has 2 aromatic carbocycles. The molecular formula is C31H38N2O3. The highest BCUT2D eigenvalue weighted by atomic mass is 16.5. The maximum Gasteiger partial charge on any atom is 0.163 e. The molecule has 1 saturated carbocycles. The highest BCUT2D eigenvalue weighted by Gasteiger charge is 2.63. The summed E-state index contributed by atoms with van der Waals surface area (Å²) in [5.41, 5.74) is 4.07. The number of nitriles is 1. The van der Waals surface area contributed by atoms with Crippen LogP contribution in [0.15, 0.2) is 36.4 Å². The van der Waals surface area contributed by atoms with Crippen LogP contribution in [0.4, 0.5) is 5.69 Å². The summed E-state index contributed by atoms with van der Waals surface area (Å²) >= 11 is 0. The molecule has 2 fully saturated rings. The van der Waals surface area contributed by atoms with E-state index in [1.165, 1.54) is 0 Å². The van der Waals surface area contributed by atoms with Crippen LogP contribution in [0.3, 0.4) is 0 Å². The van der Waals surface area contributed by atoms with Crippen LogP contribution in [0.2, 0.25) is 0 Å². The zero-order valence-electron chi connectivity index (χ0n) is 22.4. The first kappa shape index (κ1) is 25.9. The monoisotopic (exact) mass is 486 g/mol. The van der Waals surface area contributed by atoms with Gasteiger partial charge in [0, 0.05) is 47.5 Å². The standard InChI is InChI=1S/C31H38N2O3/c1-20-15-25(16-21(2)26(20)18-32)36-29-30(3,4)28(31(29,5)6)17-27(35)23-7-9-24(10-8-23)33-13-11-22(19-34)12-14-33/h7-10,15-16,19,22,28-29H,11-14,17H2,1-6H3. The number of carbonyl (C=O) groups excluding carboxylic acids is 2. The summed E-state index contributed by atoms with van der Waals surface area (Å²) < 4.78 is 6.51. The number of ether oxygens (including phenoxy) is 1. The van der Waals surface area contributed by atoms with E-state index in [1.807, 2.05) is 50.2 Å². The van der Waals surface area contributed by atoms with E-state index in [2.05, 4.69) is 38.7 Å². The first-order chi connectivity index (χ1) is 17.0. The zero-order valence-corrected chi connectivity index (χ0v) is 22.4. The Kier molecular flexibility index (Phi) is 7.01. The van der Waals surface area contributed by atoms with Crippen molar-refractivity contribution in [3.05, 3.63) is 58.7 Å². The molecule has 1 aliphatic carbocycles. The van der Waals surface area contributed by atoms with Crippen LogP contribution in [0, 0.1) is 47.8 Å². The van der Waals surface area contributed by atoms with Crippen molar-refractivity contribution < 1.29 is 14.3 Å². The van der Waals surface area contributed by atoms with E-state index in [9.17, 15) is 14.9 Å². The second kappa shape index (κ2) is 9.73. The predicted octanol–water partition coefficient (Wildman–Crippen LogP) is 6.29. The minimum atomic E-state index is -0.169. The Morgan fingerprint density at radius 1 is 1.06 bits per heavy atom. The predicted molar refractivity (Wildman–Crippen MR) is 142 cm³/mol. The molecule has 0 amide bonds. The molecule has 0 N–H and O–H groups in total. The lowest BCUT2D eigenvalue weighted by Crippen LogP contribution is -2.66. The number of piperidine rings is 1. The van der Waals surface area contributed by atoms with Crippen molar-refractivity contribution in [3.8, 4) is 11.8 Å². The Morgan fingerprint density at radius 3 is 2.11 bits per heavy atom. The van der Waals surface area contributed by atoms with Gasteiger partial charge < -0.3 is 14.4 Å². The van der Waals surface area contributed by atoms with Crippen molar-refractivity contribution in [2.24, 2.45) is 22.7 Å². The molecular weight excluding hydrogens is 448 g/mol. The molecule has 2 aliphatic rings. The Hall–Kier alpha value is -3.13. The van der Waals surface area contributed by atoms with Crippen LogP contribution in [0.25, 0.3) is 0 Å². The normalized spacial score (nSPS) is 22.9. The van der Waals surface area contributed by atoms with Crippen LogP contribution in [-0.2, 0) is 4.79 Å². The SMILES string of the molecule is Cc1cc(OC2C(C)(C)C(CC(=O)c3ccc(N4CCC(C=O)CC4)cc3)C2(C)C)cc(C)c1C#N. The van der Waals surface area contributed by atoms with Gasteiger partial charge in [-0.1, -0.05) is 27.7 Å². The number of ketones is 1. The molecule has 1 aliphatic heterocycles. The number of aryl methyl sites for hydroxylation is 2. The van der Waals surface area contributed by atoms with E-state index in [4.69, 9.17) is 4.74 Å². The number of hydrogen-bond acceptors (Lipinski definition) is 5. The van der Waals surface area contributed by atoms with Crippen LogP contribution in [0.5, 0.6) is 5.75 Å². The maximum atomic E-state index is 13.3. The fraction of sp³-hybridized carbons (Fsp3) is 0.516. The van der Waals surface area contributed by atoms with Crippen molar-refractivity contribution in [2.45, 2.75) is 66.9 Å². The summed E-state index contributed by atoms with van der Waals surface area (Å²) in [6.45, 7) is 14.4. The van der Waals surface area contributed by atoms with E-state index in [0.29, 0.717) is 12.0 Å². The third kappa shape index (κ3) is 4.66. The van der Waals surface area contributed by atoms with Crippen LogP contribution < -0.4 is 9.64 Å². The highest BCUT2D eigenvalue weighted by Crippen LogP contribution is 2.61. The molecule has 1 saturated heterocycles. The summed E-state index contributed by atoms with van der Waals surface area (Å²) in [5, 5.41) is 9.37. The average molecular weight is 487 g/mol. The molecule has 0 aromatic heterocycles. The Morgan fingerprint density at radius 2 is 1.61 bits per heavy atom. The summed E-state index contributed by atoms with van der Waals surface area (Å²) in [6.07, 6.45) is 3.30. The van der Waals surface area contributed by atoms with Crippen molar-refractivity contribution in [1.29, 1.82) is 5.26 Å². The lowest BCUT2D eigenvalue weighted by atomic mass is 9.44. The smallest absolute Gasteiger partial charge is 0.163 e. The van der Waals surface area contributed by atoms with E-state index in [1.54, 1.807) is 0 Å². The zero-order chi connectivity index (χ0) is 26.3. The number of carbonyl (C=O) groups is 2. The van der Waals surface area contributed by atoms with Crippen molar-refractivity contribution in [1.82, 2.24) is 0 Å². The van der Waals surface area contributed by atoms with Crippen LogP contribution >= 0.6 is 0 Å². The molecule has 2 aromatic rings. The Bertz CT molecular complexity index is 1140. The van der Waals surface area contributed by atoms with Crippen molar-refractivity contribution >= 4 is 17.8 Å². The fourth-order valence-electron chi connectivity index (χ4n) is 6.78. The van der Waals surface area contributed by atoms with Gasteiger partial charge in [0.15, 0.2) is 5.78 Å². The first-order valence-electron chi connectivity index (χ1n) is 13.0. The number of nitrogens with zero attached hydrogens (tertiary/aromatic N) is 2. The lowest BCUT2D eigenvalue weighted by Gasteiger charge is -2.63. The molecule has 0 bridgehead atoms. The summed E-state index contributed by atoms with van der Waals surface area (Å²) in [6, 6.07) is 14.1. The largest absolute Gasteiger partial charge is 0.489 e. The van der Waals surface area contributed by atoms with Crippen LogP contribution in [0.1, 0.15) is 74.0 Å². The quantitative estimate of drug-likeness (QED) is 0.340. The molecule has 1 heterocycles. The number of benzene rings is 2. The topological polar surface area (TPSA) is 70.4 Å². The van der Waals surface area contributed by atoms with Gasteiger partial charge in [0.2, 0.25) is 0 Å². The second-order valence-electron chi connectivity index (χ2n) is 11.9. The highest BCUT2D eigenvalue weighted by molar-refractivity contribution is 5.96. The summed E-state index contributed by atoms with van der Waals surface area (Å²) in [7, 11) is 0. The van der Waals surface area contributed by atoms with Gasteiger partial charge in [0.1, 0.15) is 18.1 Å².